The van der Waals surface area contributed by atoms with Gasteiger partial charge in [0, 0.05) is 0 Å². The Morgan fingerprint density at radius 3 is 2.64 bits per heavy atom. The van der Waals surface area contributed by atoms with Gasteiger partial charge in [-0.3, -0.25) is 4.79 Å². The van der Waals surface area contributed by atoms with Crippen LogP contribution in [-0.2, 0) is 25.7 Å². The van der Waals surface area contributed by atoms with Gasteiger partial charge in [0.2, 0.25) is 0 Å². The molecule has 0 bridgehead atoms. The highest BCUT2D eigenvalue weighted by atomic mass is 16.6. The van der Waals surface area contributed by atoms with Crippen molar-refractivity contribution in [1.29, 1.82) is 0 Å². The Balaban J connectivity index is 1.73. The highest BCUT2D eigenvalue weighted by Crippen LogP contribution is 2.42. The molecule has 1 aromatic carbocycles. The van der Waals surface area contributed by atoms with Crippen LogP contribution in [0.25, 0.3) is 0 Å². The molecule has 28 heavy (non-hydrogen) atoms. The van der Waals surface area contributed by atoms with E-state index in [9.17, 15) is 14.4 Å². The summed E-state index contributed by atoms with van der Waals surface area (Å²) in [7, 11) is 0. The molecule has 3 rings (SSSR count). The SMILES string of the molecule is CC(C)CC(OCc1ccccc1)C(=O)OC12CCCC1N(C(N)=O)CC2=O. The number of hydrogen-bond donors (Lipinski definition) is 1. The van der Waals surface area contributed by atoms with Crippen molar-refractivity contribution in [2.45, 2.75) is 63.9 Å². The van der Waals surface area contributed by atoms with Crippen molar-refractivity contribution in [2.24, 2.45) is 11.7 Å². The first-order chi connectivity index (χ1) is 13.3. The van der Waals surface area contributed by atoms with E-state index in [1.54, 1.807) is 0 Å². The number of carbonyl (C=O) groups excluding carboxylic acids is 3. The smallest absolute Gasteiger partial charge is 0.336 e. The van der Waals surface area contributed by atoms with E-state index in [0.29, 0.717) is 25.7 Å². The summed E-state index contributed by atoms with van der Waals surface area (Å²) in [6, 6.07) is 8.45. The number of likely N-dealkylation sites (tertiary alicyclic amines) is 1. The zero-order valence-electron chi connectivity index (χ0n) is 16.4. The van der Waals surface area contributed by atoms with Crippen LogP contribution in [0.1, 0.15) is 45.1 Å². The molecule has 1 saturated heterocycles. The number of ether oxygens (including phenoxy) is 2. The lowest BCUT2D eigenvalue weighted by Gasteiger charge is -2.31. The number of esters is 1. The van der Waals surface area contributed by atoms with Gasteiger partial charge in [-0.25, -0.2) is 9.59 Å². The molecule has 0 spiro atoms. The summed E-state index contributed by atoms with van der Waals surface area (Å²) in [5.74, 6) is -0.587. The molecule has 3 atom stereocenters. The standard InChI is InChI=1S/C21H28N2O5/c1-14(2)11-16(27-13-15-7-4-3-5-8-15)19(25)28-21-10-6-9-17(21)23(20(22)26)12-18(21)24/h3-5,7-8,14,16-17H,6,9-13H2,1-2H3,(H2,22,26). The summed E-state index contributed by atoms with van der Waals surface area (Å²) in [5, 5.41) is 0. The Hall–Kier alpha value is -2.41. The molecule has 7 nitrogen and oxygen atoms in total. The zero-order chi connectivity index (χ0) is 20.3. The van der Waals surface area contributed by atoms with E-state index in [1.165, 1.54) is 4.90 Å². The molecule has 2 N–H and O–H groups in total. The average molecular weight is 388 g/mol. The van der Waals surface area contributed by atoms with Gasteiger partial charge in [-0.2, -0.15) is 0 Å². The molecule has 1 saturated carbocycles. The molecule has 1 aliphatic carbocycles. The fourth-order valence-corrected chi connectivity index (χ4v) is 4.17. The molecular weight excluding hydrogens is 360 g/mol. The minimum Gasteiger partial charge on any atom is -0.447 e. The second-order valence-electron chi connectivity index (χ2n) is 8.02. The van der Waals surface area contributed by atoms with Crippen LogP contribution in [0.15, 0.2) is 30.3 Å². The number of Topliss-reactive ketones (excluding diaryl/α,β-unsaturated/α-hetero) is 1. The maximum absolute atomic E-state index is 13.0. The number of primary amides is 1. The van der Waals surface area contributed by atoms with Gasteiger partial charge in [0.05, 0.1) is 19.2 Å². The maximum atomic E-state index is 13.0. The molecule has 0 radical (unpaired) electrons. The Kier molecular flexibility index (Phi) is 6.03. The molecule has 0 aromatic heterocycles. The van der Waals surface area contributed by atoms with E-state index in [1.807, 2.05) is 44.2 Å². The monoisotopic (exact) mass is 388 g/mol. The summed E-state index contributed by atoms with van der Waals surface area (Å²) in [6.07, 6.45) is 1.43. The first-order valence-electron chi connectivity index (χ1n) is 9.81. The van der Waals surface area contributed by atoms with Crippen LogP contribution in [0, 0.1) is 5.92 Å². The summed E-state index contributed by atoms with van der Waals surface area (Å²) in [6.45, 7) is 4.18. The number of fused-ring (bicyclic) bond motifs is 1. The van der Waals surface area contributed by atoms with Gasteiger partial charge >= 0.3 is 12.0 Å². The van der Waals surface area contributed by atoms with E-state index in [0.717, 1.165) is 5.56 Å². The Bertz CT molecular complexity index is 736. The topological polar surface area (TPSA) is 98.9 Å². The third kappa shape index (κ3) is 4.04. The van der Waals surface area contributed by atoms with Crippen LogP contribution >= 0.6 is 0 Å². The molecule has 1 aromatic rings. The average Bonchev–Trinajstić information content (AvgIpc) is 3.17. The molecule has 2 aliphatic rings. The van der Waals surface area contributed by atoms with Gasteiger partial charge in [-0.1, -0.05) is 44.2 Å². The van der Waals surface area contributed by atoms with Gasteiger partial charge in [0.25, 0.3) is 0 Å². The summed E-state index contributed by atoms with van der Waals surface area (Å²) in [5.41, 5.74) is 5.09. The van der Waals surface area contributed by atoms with Crippen LogP contribution < -0.4 is 5.73 Å². The molecule has 3 unspecified atom stereocenters. The molecule has 1 heterocycles. The van der Waals surface area contributed by atoms with Gasteiger partial charge in [0.1, 0.15) is 0 Å². The summed E-state index contributed by atoms with van der Waals surface area (Å²) in [4.78, 5) is 38.7. The van der Waals surface area contributed by atoms with Crippen LogP contribution in [0.4, 0.5) is 4.79 Å². The van der Waals surface area contributed by atoms with Gasteiger partial charge in [-0.05, 0) is 37.2 Å². The second kappa shape index (κ2) is 8.31. The Labute approximate surface area is 165 Å². The number of urea groups is 1. The number of nitrogens with zero attached hydrogens (tertiary/aromatic N) is 1. The number of rotatable bonds is 7. The minimum atomic E-state index is -1.28. The highest BCUT2D eigenvalue weighted by molar-refractivity contribution is 5.98. The summed E-state index contributed by atoms with van der Waals surface area (Å²) < 4.78 is 11.7. The number of ketones is 1. The van der Waals surface area contributed by atoms with Crippen molar-refractivity contribution in [3.8, 4) is 0 Å². The molecule has 152 valence electrons. The van der Waals surface area contributed by atoms with Crippen LogP contribution in [0.2, 0.25) is 0 Å². The van der Waals surface area contributed by atoms with Crippen LogP contribution in [-0.4, -0.2) is 47.0 Å². The number of amides is 2. The number of carbonyl (C=O) groups is 3. The van der Waals surface area contributed by atoms with Gasteiger partial charge < -0.3 is 20.1 Å². The first kappa shape index (κ1) is 20.3. The quantitative estimate of drug-likeness (QED) is 0.723. The largest absolute Gasteiger partial charge is 0.447 e. The third-order valence-corrected chi connectivity index (χ3v) is 5.53. The molecular formula is C21H28N2O5. The van der Waals surface area contributed by atoms with E-state index in [4.69, 9.17) is 15.2 Å². The predicted molar refractivity (Wildman–Crippen MR) is 102 cm³/mol. The third-order valence-electron chi connectivity index (χ3n) is 5.53. The fraction of sp³-hybridized carbons (Fsp3) is 0.571. The van der Waals surface area contributed by atoms with Crippen molar-refractivity contribution < 1.29 is 23.9 Å². The first-order valence-corrected chi connectivity index (χ1v) is 9.81. The van der Waals surface area contributed by atoms with E-state index < -0.39 is 29.7 Å². The van der Waals surface area contributed by atoms with E-state index >= 15 is 0 Å². The lowest BCUT2D eigenvalue weighted by molar-refractivity contribution is -0.178. The van der Waals surface area contributed by atoms with Crippen LogP contribution in [0.3, 0.4) is 0 Å². The van der Waals surface area contributed by atoms with Gasteiger partial charge in [0.15, 0.2) is 17.5 Å². The van der Waals surface area contributed by atoms with Crippen molar-refractivity contribution in [1.82, 2.24) is 4.90 Å². The Morgan fingerprint density at radius 1 is 1.29 bits per heavy atom. The number of benzene rings is 1. The van der Waals surface area contributed by atoms with Crippen molar-refractivity contribution in [3.63, 3.8) is 0 Å². The second-order valence-corrected chi connectivity index (χ2v) is 8.02. The molecule has 7 heteroatoms. The van der Waals surface area contributed by atoms with E-state index in [-0.39, 0.29) is 24.9 Å². The van der Waals surface area contributed by atoms with E-state index in [2.05, 4.69) is 0 Å². The molecule has 2 amide bonds. The van der Waals surface area contributed by atoms with Crippen LogP contribution in [0.5, 0.6) is 0 Å². The lowest BCUT2D eigenvalue weighted by Crippen LogP contribution is -2.50. The van der Waals surface area contributed by atoms with Crippen molar-refractivity contribution in [3.05, 3.63) is 35.9 Å². The maximum Gasteiger partial charge on any atom is 0.336 e. The normalized spacial score (nSPS) is 25.0. The van der Waals surface area contributed by atoms with Crippen molar-refractivity contribution >= 4 is 17.8 Å². The predicted octanol–water partition coefficient (Wildman–Crippen LogP) is 2.42. The number of nitrogens with two attached hydrogens (primary N) is 1. The lowest BCUT2D eigenvalue weighted by atomic mass is 9.95. The molecule has 1 aliphatic heterocycles. The summed E-state index contributed by atoms with van der Waals surface area (Å²) >= 11 is 0. The minimum absolute atomic E-state index is 0.104. The van der Waals surface area contributed by atoms with Crippen molar-refractivity contribution in [2.75, 3.05) is 6.54 Å². The number of hydrogen-bond acceptors (Lipinski definition) is 5. The Morgan fingerprint density at radius 2 is 2.00 bits per heavy atom. The van der Waals surface area contributed by atoms with Gasteiger partial charge in [-0.15, -0.1) is 0 Å². The molecule has 2 fully saturated rings. The fourth-order valence-electron chi connectivity index (χ4n) is 4.17. The highest BCUT2D eigenvalue weighted by Gasteiger charge is 2.61. The zero-order valence-corrected chi connectivity index (χ0v) is 16.4.